The van der Waals surface area contributed by atoms with Crippen molar-refractivity contribution < 1.29 is 21.6 Å². The average Bonchev–Trinajstić information content (AvgIpc) is 3.67. The van der Waals surface area contributed by atoms with Gasteiger partial charge in [0.1, 0.15) is 11.6 Å². The van der Waals surface area contributed by atoms with E-state index in [2.05, 4.69) is 25.1 Å². The first-order valence-corrected chi connectivity index (χ1v) is 17.5. The van der Waals surface area contributed by atoms with E-state index in [9.17, 15) is 21.6 Å². The SMILES string of the molecule is Cc1cc(NS(=O)(=O)c2ccc(NC(=O)c3cc(-c4cccs4)nc4c3c(C)nn4C3CCS(=O)(=O)C3)cc2)nc(C)n1. The number of aromatic nitrogens is 5. The largest absolute Gasteiger partial charge is 0.322 e. The number of anilines is 2. The molecule has 1 unspecified atom stereocenters. The summed E-state index contributed by atoms with van der Waals surface area (Å²) in [7, 11) is -7.12. The standard InChI is InChI=1S/C28H27N7O5S3/c1-16-13-25(30-18(3)29-16)34-43(39,40)21-8-6-19(7-9-21)31-28(36)22-14-23(24-5-4-11-41-24)32-27-26(22)17(2)33-35(27)20-10-12-42(37,38)15-20/h4-9,11,13-14,20H,10,12,15H2,1-3H3,(H,31,36)(H,29,30,34). The number of carbonyl (C=O) groups is 1. The van der Waals surface area contributed by atoms with Crippen LogP contribution < -0.4 is 10.0 Å². The monoisotopic (exact) mass is 637 g/mol. The molecule has 1 amide bonds. The quantitative estimate of drug-likeness (QED) is 0.265. The molecule has 1 aliphatic rings. The molecule has 0 radical (unpaired) electrons. The van der Waals surface area contributed by atoms with Crippen LogP contribution in [0.15, 0.2) is 58.8 Å². The maximum Gasteiger partial charge on any atom is 0.263 e. The van der Waals surface area contributed by atoms with Crippen LogP contribution in [0.3, 0.4) is 0 Å². The lowest BCUT2D eigenvalue weighted by molar-refractivity contribution is 0.102. The highest BCUT2D eigenvalue weighted by Crippen LogP contribution is 2.33. The maximum absolute atomic E-state index is 13.7. The lowest BCUT2D eigenvalue weighted by Crippen LogP contribution is -2.16. The smallest absolute Gasteiger partial charge is 0.263 e. The van der Waals surface area contributed by atoms with E-state index in [-0.39, 0.29) is 28.3 Å². The van der Waals surface area contributed by atoms with Crippen molar-refractivity contribution in [3.63, 3.8) is 0 Å². The molecule has 6 rings (SSSR count). The number of carbonyl (C=O) groups excluding carboxylic acids is 1. The van der Waals surface area contributed by atoms with Gasteiger partial charge in [0, 0.05) is 17.4 Å². The van der Waals surface area contributed by atoms with Crippen molar-refractivity contribution in [3.05, 3.63) is 76.7 Å². The Balaban J connectivity index is 1.32. The Morgan fingerprint density at radius 2 is 1.81 bits per heavy atom. The number of aryl methyl sites for hydroxylation is 3. The molecule has 1 atom stereocenters. The maximum atomic E-state index is 13.7. The van der Waals surface area contributed by atoms with E-state index in [1.54, 1.807) is 31.5 Å². The fourth-order valence-corrected chi connectivity index (χ4v) is 8.52. The van der Waals surface area contributed by atoms with Crippen molar-refractivity contribution >= 4 is 59.6 Å². The van der Waals surface area contributed by atoms with E-state index in [4.69, 9.17) is 4.98 Å². The second-order valence-corrected chi connectivity index (χ2v) is 15.2. The number of benzene rings is 1. The molecule has 5 aromatic rings. The van der Waals surface area contributed by atoms with E-state index >= 15 is 0 Å². The van der Waals surface area contributed by atoms with Gasteiger partial charge in [-0.2, -0.15) is 5.10 Å². The predicted molar refractivity (Wildman–Crippen MR) is 165 cm³/mol. The van der Waals surface area contributed by atoms with Gasteiger partial charge in [0.05, 0.1) is 49.7 Å². The minimum Gasteiger partial charge on any atom is -0.322 e. The Morgan fingerprint density at radius 3 is 2.47 bits per heavy atom. The normalized spacial score (nSPS) is 16.4. The molecule has 2 N–H and O–H groups in total. The molecule has 0 spiro atoms. The van der Waals surface area contributed by atoms with Crippen LogP contribution in [-0.4, -0.2) is 59.0 Å². The first-order valence-electron chi connectivity index (χ1n) is 13.3. The summed E-state index contributed by atoms with van der Waals surface area (Å²) in [6, 6.07) is 12.4. The van der Waals surface area contributed by atoms with Crippen LogP contribution in [0, 0.1) is 20.8 Å². The number of rotatable bonds is 7. The Morgan fingerprint density at radius 1 is 1.05 bits per heavy atom. The number of hydrogen-bond donors (Lipinski definition) is 2. The molecule has 43 heavy (non-hydrogen) atoms. The lowest BCUT2D eigenvalue weighted by Gasteiger charge is -2.12. The summed E-state index contributed by atoms with van der Waals surface area (Å²) in [5.74, 6) is 0.216. The van der Waals surface area contributed by atoms with E-state index in [0.717, 1.165) is 4.88 Å². The summed E-state index contributed by atoms with van der Waals surface area (Å²) in [5.41, 5.74) is 2.90. The molecule has 12 nitrogen and oxygen atoms in total. The van der Waals surface area contributed by atoms with Gasteiger partial charge in [-0.15, -0.1) is 11.3 Å². The van der Waals surface area contributed by atoms with Crippen molar-refractivity contribution in [1.29, 1.82) is 0 Å². The van der Waals surface area contributed by atoms with Gasteiger partial charge in [-0.25, -0.2) is 36.5 Å². The third kappa shape index (κ3) is 5.87. The van der Waals surface area contributed by atoms with Crippen LogP contribution >= 0.6 is 11.3 Å². The number of nitrogens with zero attached hydrogens (tertiary/aromatic N) is 5. The number of fused-ring (bicyclic) bond motifs is 1. The topological polar surface area (TPSA) is 166 Å². The van der Waals surface area contributed by atoms with Crippen LogP contribution in [0.4, 0.5) is 11.5 Å². The molecule has 1 aliphatic heterocycles. The molecule has 4 aromatic heterocycles. The zero-order valence-electron chi connectivity index (χ0n) is 23.4. The first-order chi connectivity index (χ1) is 20.4. The van der Waals surface area contributed by atoms with Gasteiger partial charge in [0.2, 0.25) is 0 Å². The van der Waals surface area contributed by atoms with Gasteiger partial charge in [-0.05, 0) is 69.0 Å². The van der Waals surface area contributed by atoms with Gasteiger partial charge < -0.3 is 5.32 Å². The molecule has 0 bridgehead atoms. The van der Waals surface area contributed by atoms with Crippen LogP contribution in [-0.2, 0) is 19.9 Å². The van der Waals surface area contributed by atoms with E-state index < -0.39 is 25.8 Å². The fourth-order valence-electron chi connectivity index (χ4n) is 5.15. The zero-order chi connectivity index (χ0) is 30.5. The average molecular weight is 638 g/mol. The summed E-state index contributed by atoms with van der Waals surface area (Å²) in [4.78, 5) is 27.6. The van der Waals surface area contributed by atoms with Crippen molar-refractivity contribution in [2.75, 3.05) is 21.5 Å². The van der Waals surface area contributed by atoms with Crippen molar-refractivity contribution in [1.82, 2.24) is 24.7 Å². The molecule has 0 saturated carbocycles. The van der Waals surface area contributed by atoms with Crippen LogP contribution in [0.25, 0.3) is 21.6 Å². The minimum absolute atomic E-state index is 0.00524. The third-order valence-electron chi connectivity index (χ3n) is 7.04. The van der Waals surface area contributed by atoms with Gasteiger partial charge in [-0.1, -0.05) is 6.07 Å². The van der Waals surface area contributed by atoms with Gasteiger partial charge in [0.15, 0.2) is 15.5 Å². The van der Waals surface area contributed by atoms with E-state index in [1.165, 1.54) is 41.7 Å². The number of nitrogens with one attached hydrogen (secondary N) is 2. The number of pyridine rings is 1. The van der Waals surface area contributed by atoms with Crippen molar-refractivity contribution in [2.24, 2.45) is 0 Å². The summed E-state index contributed by atoms with van der Waals surface area (Å²) < 4.78 is 54.4. The summed E-state index contributed by atoms with van der Waals surface area (Å²) >= 11 is 1.47. The van der Waals surface area contributed by atoms with Crippen molar-refractivity contribution in [3.8, 4) is 10.6 Å². The van der Waals surface area contributed by atoms with Gasteiger partial charge in [-0.3, -0.25) is 9.52 Å². The molecule has 1 aromatic carbocycles. The van der Waals surface area contributed by atoms with E-state index in [1.807, 2.05) is 17.5 Å². The molecular formula is C28H27N7O5S3. The highest BCUT2D eigenvalue weighted by Gasteiger charge is 2.32. The first kappa shape index (κ1) is 28.9. The number of amides is 1. The Hall–Kier alpha value is -4.21. The second-order valence-electron chi connectivity index (χ2n) is 10.3. The molecule has 1 saturated heterocycles. The summed E-state index contributed by atoms with van der Waals surface area (Å²) in [5, 5.41) is 9.91. The van der Waals surface area contributed by atoms with Crippen LogP contribution in [0.2, 0.25) is 0 Å². The van der Waals surface area contributed by atoms with Gasteiger partial charge >= 0.3 is 0 Å². The predicted octanol–water partition coefficient (Wildman–Crippen LogP) is 4.29. The molecule has 1 fully saturated rings. The summed E-state index contributed by atoms with van der Waals surface area (Å²) in [6.07, 6.45) is 0.422. The number of sulfone groups is 1. The molecule has 15 heteroatoms. The zero-order valence-corrected chi connectivity index (χ0v) is 25.8. The van der Waals surface area contributed by atoms with Crippen LogP contribution in [0.1, 0.15) is 40.0 Å². The molecule has 5 heterocycles. The molecule has 222 valence electrons. The fraction of sp³-hybridized carbons (Fsp3) is 0.250. The molecular weight excluding hydrogens is 611 g/mol. The lowest BCUT2D eigenvalue weighted by atomic mass is 10.1. The minimum atomic E-state index is -3.94. The molecule has 0 aliphatic carbocycles. The number of sulfonamides is 1. The summed E-state index contributed by atoms with van der Waals surface area (Å²) in [6.45, 7) is 5.18. The Labute approximate surface area is 252 Å². The van der Waals surface area contributed by atoms with Crippen LogP contribution in [0.5, 0.6) is 0 Å². The second kappa shape index (κ2) is 10.8. The van der Waals surface area contributed by atoms with Crippen molar-refractivity contribution in [2.45, 2.75) is 38.1 Å². The number of thiophene rings is 1. The number of hydrogen-bond acceptors (Lipinski definition) is 10. The Bertz CT molecular complexity index is 2070. The third-order valence-corrected chi connectivity index (χ3v) is 11.1. The highest BCUT2D eigenvalue weighted by atomic mass is 32.2. The highest BCUT2D eigenvalue weighted by molar-refractivity contribution is 7.92. The van der Waals surface area contributed by atoms with Gasteiger partial charge in [0.25, 0.3) is 15.9 Å². The Kier molecular flexibility index (Phi) is 7.26. The van der Waals surface area contributed by atoms with E-state index in [0.29, 0.717) is 51.6 Å².